The van der Waals surface area contributed by atoms with E-state index in [0.717, 1.165) is 16.6 Å². The first-order chi connectivity index (χ1) is 7.58. The number of halogens is 1. The third-order valence-corrected chi connectivity index (χ3v) is 3.58. The standard InChI is InChI=1S/C13H21BrN2/c1-4-10(2)9-16(3)13-6-5-11(8-15)7-12(13)14/h5-7,10H,4,8-9,15H2,1-3H3. The predicted molar refractivity (Wildman–Crippen MR) is 74.8 cm³/mol. The average molecular weight is 285 g/mol. The van der Waals surface area contributed by atoms with Crippen molar-refractivity contribution in [3.63, 3.8) is 0 Å². The zero-order valence-corrected chi connectivity index (χ0v) is 11.9. The van der Waals surface area contributed by atoms with Crippen LogP contribution in [-0.4, -0.2) is 13.6 Å². The van der Waals surface area contributed by atoms with E-state index in [1.807, 2.05) is 0 Å². The number of hydrogen-bond donors (Lipinski definition) is 1. The Morgan fingerprint density at radius 2 is 2.12 bits per heavy atom. The highest BCUT2D eigenvalue weighted by Gasteiger charge is 2.09. The molecule has 2 nitrogen and oxygen atoms in total. The fourth-order valence-corrected chi connectivity index (χ4v) is 2.41. The van der Waals surface area contributed by atoms with Crippen LogP contribution in [0.15, 0.2) is 22.7 Å². The molecule has 1 unspecified atom stereocenters. The van der Waals surface area contributed by atoms with Gasteiger partial charge in [0.25, 0.3) is 0 Å². The van der Waals surface area contributed by atoms with Gasteiger partial charge >= 0.3 is 0 Å². The summed E-state index contributed by atoms with van der Waals surface area (Å²) in [6.07, 6.45) is 1.21. The molecule has 0 spiro atoms. The summed E-state index contributed by atoms with van der Waals surface area (Å²) < 4.78 is 1.13. The molecule has 1 rings (SSSR count). The van der Waals surface area contributed by atoms with Crippen molar-refractivity contribution in [3.8, 4) is 0 Å². The third-order valence-electron chi connectivity index (χ3n) is 2.94. The van der Waals surface area contributed by atoms with Gasteiger partial charge in [-0.1, -0.05) is 26.3 Å². The molecule has 0 aromatic heterocycles. The van der Waals surface area contributed by atoms with E-state index in [2.05, 4.69) is 59.9 Å². The van der Waals surface area contributed by atoms with Gasteiger partial charge in [0.1, 0.15) is 0 Å². The summed E-state index contributed by atoms with van der Waals surface area (Å²) in [6, 6.07) is 6.32. The quantitative estimate of drug-likeness (QED) is 0.898. The van der Waals surface area contributed by atoms with Crippen LogP contribution in [0.25, 0.3) is 0 Å². The first-order valence-corrected chi connectivity index (χ1v) is 6.57. The van der Waals surface area contributed by atoms with Gasteiger partial charge in [-0.3, -0.25) is 0 Å². The molecule has 0 saturated carbocycles. The van der Waals surface area contributed by atoms with E-state index < -0.39 is 0 Å². The highest BCUT2D eigenvalue weighted by molar-refractivity contribution is 9.10. The van der Waals surface area contributed by atoms with Crippen LogP contribution in [0.5, 0.6) is 0 Å². The molecule has 0 aliphatic carbocycles. The Kier molecular flexibility index (Phi) is 5.29. The lowest BCUT2D eigenvalue weighted by molar-refractivity contribution is 0.559. The lowest BCUT2D eigenvalue weighted by atomic mass is 10.1. The molecule has 0 aliphatic heterocycles. The van der Waals surface area contributed by atoms with Gasteiger partial charge in [-0.25, -0.2) is 0 Å². The van der Waals surface area contributed by atoms with Crippen molar-refractivity contribution >= 4 is 21.6 Å². The van der Waals surface area contributed by atoms with Crippen molar-refractivity contribution in [2.24, 2.45) is 11.7 Å². The molecule has 90 valence electrons. The molecule has 0 fully saturated rings. The zero-order valence-electron chi connectivity index (χ0n) is 10.3. The molecule has 0 radical (unpaired) electrons. The molecule has 16 heavy (non-hydrogen) atoms. The maximum atomic E-state index is 5.61. The van der Waals surface area contributed by atoms with Crippen LogP contribution in [0.2, 0.25) is 0 Å². The summed E-state index contributed by atoms with van der Waals surface area (Å²) in [5.74, 6) is 0.714. The predicted octanol–water partition coefficient (Wildman–Crippen LogP) is 3.39. The van der Waals surface area contributed by atoms with E-state index in [9.17, 15) is 0 Å². The maximum Gasteiger partial charge on any atom is 0.0508 e. The van der Waals surface area contributed by atoms with Crippen molar-refractivity contribution in [3.05, 3.63) is 28.2 Å². The lowest BCUT2D eigenvalue weighted by Gasteiger charge is -2.24. The highest BCUT2D eigenvalue weighted by atomic mass is 79.9. The van der Waals surface area contributed by atoms with Crippen LogP contribution >= 0.6 is 15.9 Å². The van der Waals surface area contributed by atoms with Gasteiger partial charge in [0.05, 0.1) is 5.69 Å². The first kappa shape index (κ1) is 13.5. The van der Waals surface area contributed by atoms with E-state index in [-0.39, 0.29) is 0 Å². The minimum Gasteiger partial charge on any atom is -0.373 e. The zero-order chi connectivity index (χ0) is 12.1. The van der Waals surface area contributed by atoms with E-state index in [4.69, 9.17) is 5.73 Å². The van der Waals surface area contributed by atoms with Crippen LogP contribution in [-0.2, 0) is 6.54 Å². The summed E-state index contributed by atoms with van der Waals surface area (Å²) in [7, 11) is 2.13. The number of hydrogen-bond acceptors (Lipinski definition) is 2. The topological polar surface area (TPSA) is 29.3 Å². The van der Waals surface area contributed by atoms with Crippen molar-refractivity contribution in [1.29, 1.82) is 0 Å². The van der Waals surface area contributed by atoms with Gasteiger partial charge in [0.15, 0.2) is 0 Å². The Labute approximate surface area is 107 Å². The second kappa shape index (κ2) is 6.26. The Morgan fingerprint density at radius 3 is 2.62 bits per heavy atom. The van der Waals surface area contributed by atoms with Crippen molar-refractivity contribution < 1.29 is 0 Å². The van der Waals surface area contributed by atoms with E-state index in [1.54, 1.807) is 0 Å². The molecule has 0 amide bonds. The summed E-state index contributed by atoms with van der Waals surface area (Å²) in [4.78, 5) is 2.29. The molecule has 1 atom stereocenters. The Balaban J connectivity index is 2.79. The average Bonchev–Trinajstić information content (AvgIpc) is 2.28. The van der Waals surface area contributed by atoms with Gasteiger partial charge in [0, 0.05) is 24.6 Å². The monoisotopic (exact) mass is 284 g/mol. The number of nitrogens with zero attached hydrogens (tertiary/aromatic N) is 1. The van der Waals surface area contributed by atoms with Gasteiger partial charge in [0.2, 0.25) is 0 Å². The molecule has 0 bridgehead atoms. The fraction of sp³-hybridized carbons (Fsp3) is 0.538. The largest absolute Gasteiger partial charge is 0.373 e. The van der Waals surface area contributed by atoms with E-state index in [1.165, 1.54) is 12.1 Å². The minimum atomic E-state index is 0.591. The van der Waals surface area contributed by atoms with Gasteiger partial charge in [-0.15, -0.1) is 0 Å². The number of benzene rings is 1. The lowest BCUT2D eigenvalue weighted by Crippen LogP contribution is -2.23. The number of nitrogens with two attached hydrogens (primary N) is 1. The second-order valence-corrected chi connectivity index (χ2v) is 5.24. The van der Waals surface area contributed by atoms with Crippen LogP contribution < -0.4 is 10.6 Å². The maximum absolute atomic E-state index is 5.61. The SMILES string of the molecule is CCC(C)CN(C)c1ccc(CN)cc1Br. The van der Waals surface area contributed by atoms with Gasteiger partial charge in [-0.05, 0) is 39.5 Å². The summed E-state index contributed by atoms with van der Waals surface area (Å²) >= 11 is 3.60. The third kappa shape index (κ3) is 3.49. The Hall–Kier alpha value is -0.540. The molecule has 1 aromatic rings. The molecule has 2 N–H and O–H groups in total. The molecule has 0 saturated heterocycles. The first-order valence-electron chi connectivity index (χ1n) is 5.78. The Morgan fingerprint density at radius 1 is 1.44 bits per heavy atom. The molecular weight excluding hydrogens is 264 g/mol. The van der Waals surface area contributed by atoms with Crippen LogP contribution in [0.1, 0.15) is 25.8 Å². The normalized spacial score (nSPS) is 12.6. The van der Waals surface area contributed by atoms with Crippen LogP contribution in [0, 0.1) is 5.92 Å². The molecular formula is C13H21BrN2. The Bertz CT molecular complexity index is 339. The molecule has 1 aromatic carbocycles. The van der Waals surface area contributed by atoms with E-state index >= 15 is 0 Å². The number of anilines is 1. The van der Waals surface area contributed by atoms with Crippen LogP contribution in [0.3, 0.4) is 0 Å². The molecule has 3 heteroatoms. The molecule has 0 heterocycles. The minimum absolute atomic E-state index is 0.591. The smallest absolute Gasteiger partial charge is 0.0508 e. The fourth-order valence-electron chi connectivity index (χ4n) is 1.68. The van der Waals surface area contributed by atoms with Crippen molar-refractivity contribution in [2.75, 3.05) is 18.5 Å². The van der Waals surface area contributed by atoms with Crippen molar-refractivity contribution in [1.82, 2.24) is 0 Å². The summed E-state index contributed by atoms with van der Waals surface area (Å²) in [6.45, 7) is 6.18. The number of rotatable bonds is 5. The van der Waals surface area contributed by atoms with Gasteiger partial charge in [-0.2, -0.15) is 0 Å². The highest BCUT2D eigenvalue weighted by Crippen LogP contribution is 2.27. The van der Waals surface area contributed by atoms with E-state index in [0.29, 0.717) is 12.5 Å². The van der Waals surface area contributed by atoms with Crippen molar-refractivity contribution in [2.45, 2.75) is 26.8 Å². The molecule has 0 aliphatic rings. The van der Waals surface area contributed by atoms with Gasteiger partial charge < -0.3 is 10.6 Å². The van der Waals surface area contributed by atoms with Crippen LogP contribution in [0.4, 0.5) is 5.69 Å². The second-order valence-electron chi connectivity index (χ2n) is 4.38. The summed E-state index contributed by atoms with van der Waals surface area (Å²) in [5, 5.41) is 0. The summed E-state index contributed by atoms with van der Waals surface area (Å²) in [5.41, 5.74) is 8.01.